The first-order valence-corrected chi connectivity index (χ1v) is 5.30. The predicted molar refractivity (Wildman–Crippen MR) is 54.8 cm³/mol. The van der Waals surface area contributed by atoms with Crippen LogP contribution in [0.4, 0.5) is 4.79 Å². The molecule has 5 heteroatoms. The van der Waals surface area contributed by atoms with Gasteiger partial charge in [0.25, 0.3) is 0 Å². The van der Waals surface area contributed by atoms with Gasteiger partial charge in [-0.2, -0.15) is 0 Å². The first-order chi connectivity index (χ1) is 6.74. The summed E-state index contributed by atoms with van der Waals surface area (Å²) < 4.78 is 5.71. The normalized spacial score (nSPS) is 15.2. The SMILES string of the molecule is O=C(NCc1coc(Br)c1)NC1CC1. The molecule has 0 bridgehead atoms. The minimum absolute atomic E-state index is 0.107. The second kappa shape index (κ2) is 4.04. The monoisotopic (exact) mass is 258 g/mol. The van der Waals surface area contributed by atoms with E-state index < -0.39 is 0 Å². The maximum atomic E-state index is 11.2. The second-order valence-corrected chi connectivity index (χ2v) is 4.14. The fourth-order valence-corrected chi connectivity index (χ4v) is 1.47. The van der Waals surface area contributed by atoms with Crippen molar-refractivity contribution in [2.24, 2.45) is 0 Å². The molecule has 0 aliphatic heterocycles. The van der Waals surface area contributed by atoms with Crippen molar-refractivity contribution in [1.82, 2.24) is 10.6 Å². The van der Waals surface area contributed by atoms with Crippen LogP contribution in [-0.4, -0.2) is 12.1 Å². The number of amides is 2. The van der Waals surface area contributed by atoms with Gasteiger partial charge < -0.3 is 15.1 Å². The van der Waals surface area contributed by atoms with Gasteiger partial charge in [-0.1, -0.05) is 0 Å². The van der Waals surface area contributed by atoms with Gasteiger partial charge in [0.15, 0.2) is 4.67 Å². The Balaban J connectivity index is 1.73. The molecule has 1 aliphatic carbocycles. The van der Waals surface area contributed by atoms with E-state index in [1.165, 1.54) is 0 Å². The Bertz CT molecular complexity index is 333. The number of halogens is 1. The summed E-state index contributed by atoms with van der Waals surface area (Å²) in [6.45, 7) is 0.494. The standard InChI is InChI=1S/C9H11BrN2O2/c10-8-3-6(5-14-8)4-11-9(13)12-7-1-2-7/h3,5,7H,1-2,4H2,(H2,11,12,13). The fourth-order valence-electron chi connectivity index (χ4n) is 1.08. The summed E-state index contributed by atoms with van der Waals surface area (Å²) >= 11 is 3.19. The molecule has 0 aromatic carbocycles. The van der Waals surface area contributed by atoms with Crippen LogP contribution in [0.5, 0.6) is 0 Å². The number of carbonyl (C=O) groups excluding carboxylic acids is 1. The molecule has 0 radical (unpaired) electrons. The maximum absolute atomic E-state index is 11.2. The molecule has 0 unspecified atom stereocenters. The van der Waals surface area contributed by atoms with Gasteiger partial charge in [-0.15, -0.1) is 0 Å². The molecule has 1 aliphatic rings. The van der Waals surface area contributed by atoms with Crippen LogP contribution < -0.4 is 10.6 Å². The van der Waals surface area contributed by atoms with Gasteiger partial charge in [0.2, 0.25) is 0 Å². The molecule has 76 valence electrons. The highest BCUT2D eigenvalue weighted by atomic mass is 79.9. The van der Waals surface area contributed by atoms with E-state index in [0.29, 0.717) is 17.3 Å². The molecular weight excluding hydrogens is 248 g/mol. The summed E-state index contributed by atoms with van der Waals surface area (Å²) in [4.78, 5) is 11.2. The van der Waals surface area contributed by atoms with E-state index in [1.54, 1.807) is 6.26 Å². The van der Waals surface area contributed by atoms with Crippen molar-refractivity contribution in [3.63, 3.8) is 0 Å². The predicted octanol–water partition coefficient (Wildman–Crippen LogP) is 2.00. The van der Waals surface area contributed by atoms with E-state index in [-0.39, 0.29) is 6.03 Å². The Morgan fingerprint density at radius 3 is 3.00 bits per heavy atom. The minimum atomic E-state index is -0.107. The molecule has 2 N–H and O–H groups in total. The molecule has 1 saturated carbocycles. The zero-order valence-electron chi connectivity index (χ0n) is 7.55. The summed E-state index contributed by atoms with van der Waals surface area (Å²) in [6.07, 6.45) is 3.82. The molecule has 0 atom stereocenters. The molecule has 14 heavy (non-hydrogen) atoms. The Morgan fingerprint density at radius 1 is 1.64 bits per heavy atom. The molecule has 1 aromatic heterocycles. The lowest BCUT2D eigenvalue weighted by Crippen LogP contribution is -2.36. The van der Waals surface area contributed by atoms with E-state index in [2.05, 4.69) is 26.6 Å². The number of furan rings is 1. The Hall–Kier alpha value is -0.970. The number of urea groups is 1. The van der Waals surface area contributed by atoms with Gasteiger partial charge in [0.05, 0.1) is 6.26 Å². The van der Waals surface area contributed by atoms with Crippen molar-refractivity contribution < 1.29 is 9.21 Å². The quantitative estimate of drug-likeness (QED) is 0.872. The van der Waals surface area contributed by atoms with Crippen molar-refractivity contribution in [2.45, 2.75) is 25.4 Å². The summed E-state index contributed by atoms with van der Waals surface area (Å²) in [6, 6.07) is 2.12. The van der Waals surface area contributed by atoms with Gasteiger partial charge in [-0.05, 0) is 34.8 Å². The zero-order valence-corrected chi connectivity index (χ0v) is 9.13. The lowest BCUT2D eigenvalue weighted by atomic mass is 10.3. The van der Waals surface area contributed by atoms with E-state index in [0.717, 1.165) is 18.4 Å². The Morgan fingerprint density at radius 2 is 2.43 bits per heavy atom. The number of hydrogen-bond acceptors (Lipinski definition) is 2. The summed E-state index contributed by atoms with van der Waals surface area (Å²) in [7, 11) is 0. The van der Waals surface area contributed by atoms with Crippen molar-refractivity contribution >= 4 is 22.0 Å². The molecule has 0 saturated heterocycles. The molecule has 1 heterocycles. The van der Waals surface area contributed by atoms with Crippen LogP contribution in [0, 0.1) is 0 Å². The van der Waals surface area contributed by atoms with Crippen LogP contribution in [0.25, 0.3) is 0 Å². The molecule has 0 spiro atoms. The van der Waals surface area contributed by atoms with Gasteiger partial charge in [-0.3, -0.25) is 0 Å². The lowest BCUT2D eigenvalue weighted by molar-refractivity contribution is 0.240. The number of rotatable bonds is 3. The Labute approximate surface area is 90.2 Å². The average molecular weight is 259 g/mol. The topological polar surface area (TPSA) is 54.3 Å². The van der Waals surface area contributed by atoms with Crippen LogP contribution in [0.2, 0.25) is 0 Å². The number of carbonyl (C=O) groups is 1. The van der Waals surface area contributed by atoms with Gasteiger partial charge in [0, 0.05) is 18.2 Å². The highest BCUT2D eigenvalue weighted by Gasteiger charge is 2.22. The molecule has 1 aromatic rings. The summed E-state index contributed by atoms with van der Waals surface area (Å²) in [5.41, 5.74) is 0.947. The van der Waals surface area contributed by atoms with Gasteiger partial charge in [-0.25, -0.2) is 4.79 Å². The molecule has 1 fully saturated rings. The third-order valence-corrected chi connectivity index (χ3v) is 2.40. The van der Waals surface area contributed by atoms with E-state index in [4.69, 9.17) is 4.42 Å². The number of nitrogens with one attached hydrogen (secondary N) is 2. The van der Waals surface area contributed by atoms with Crippen LogP contribution >= 0.6 is 15.9 Å². The third-order valence-electron chi connectivity index (χ3n) is 1.99. The molecular formula is C9H11BrN2O2. The van der Waals surface area contributed by atoms with Crippen molar-refractivity contribution in [3.05, 3.63) is 22.6 Å². The first kappa shape index (κ1) is 9.58. The minimum Gasteiger partial charge on any atom is -0.457 e. The van der Waals surface area contributed by atoms with Gasteiger partial charge in [0.1, 0.15) is 0 Å². The van der Waals surface area contributed by atoms with E-state index >= 15 is 0 Å². The highest BCUT2D eigenvalue weighted by molar-refractivity contribution is 9.10. The first-order valence-electron chi connectivity index (χ1n) is 4.51. The van der Waals surface area contributed by atoms with E-state index in [1.807, 2.05) is 6.07 Å². The smallest absolute Gasteiger partial charge is 0.315 e. The van der Waals surface area contributed by atoms with E-state index in [9.17, 15) is 4.79 Å². The molecule has 4 nitrogen and oxygen atoms in total. The van der Waals surface area contributed by atoms with Crippen molar-refractivity contribution in [2.75, 3.05) is 0 Å². The summed E-state index contributed by atoms with van der Waals surface area (Å²) in [5.74, 6) is 0. The van der Waals surface area contributed by atoms with Crippen molar-refractivity contribution in [1.29, 1.82) is 0 Å². The average Bonchev–Trinajstić information content (AvgIpc) is 2.85. The fraction of sp³-hybridized carbons (Fsp3) is 0.444. The number of hydrogen-bond donors (Lipinski definition) is 2. The Kier molecular flexibility index (Phi) is 2.77. The lowest BCUT2D eigenvalue weighted by Gasteiger charge is -2.04. The maximum Gasteiger partial charge on any atom is 0.315 e. The van der Waals surface area contributed by atoms with Crippen LogP contribution in [-0.2, 0) is 6.54 Å². The highest BCUT2D eigenvalue weighted by Crippen LogP contribution is 2.18. The summed E-state index contributed by atoms with van der Waals surface area (Å²) in [5, 5.41) is 5.59. The molecule has 2 rings (SSSR count). The van der Waals surface area contributed by atoms with Crippen LogP contribution in [0.15, 0.2) is 21.4 Å². The van der Waals surface area contributed by atoms with Gasteiger partial charge >= 0.3 is 6.03 Å². The molecule has 2 amide bonds. The van der Waals surface area contributed by atoms with Crippen LogP contribution in [0.3, 0.4) is 0 Å². The van der Waals surface area contributed by atoms with Crippen LogP contribution in [0.1, 0.15) is 18.4 Å². The largest absolute Gasteiger partial charge is 0.457 e. The third kappa shape index (κ3) is 2.77. The zero-order chi connectivity index (χ0) is 9.97. The second-order valence-electron chi connectivity index (χ2n) is 3.36. The van der Waals surface area contributed by atoms with Crippen molar-refractivity contribution in [3.8, 4) is 0 Å².